The lowest BCUT2D eigenvalue weighted by Crippen LogP contribution is -2.51. The molecular formula is C14H28N2O2S. The summed E-state index contributed by atoms with van der Waals surface area (Å²) in [5.74, 6) is 0.865. The summed E-state index contributed by atoms with van der Waals surface area (Å²) >= 11 is 0. The molecule has 0 spiro atoms. The normalized spacial score (nSPS) is 29.4. The van der Waals surface area contributed by atoms with Crippen molar-refractivity contribution in [3.8, 4) is 0 Å². The molecule has 2 fully saturated rings. The lowest BCUT2D eigenvalue weighted by atomic mass is 9.79. The largest absolute Gasteiger partial charge is 0.313 e. The minimum absolute atomic E-state index is 0.244. The zero-order chi connectivity index (χ0) is 13.9. The van der Waals surface area contributed by atoms with Gasteiger partial charge >= 0.3 is 0 Å². The first-order valence-corrected chi connectivity index (χ1v) is 9.34. The second kappa shape index (κ2) is 6.55. The predicted molar refractivity (Wildman–Crippen MR) is 78.6 cm³/mol. The molecule has 112 valence electrons. The average molecular weight is 288 g/mol. The van der Waals surface area contributed by atoms with Crippen LogP contribution in [-0.2, 0) is 10.0 Å². The van der Waals surface area contributed by atoms with Crippen LogP contribution in [0.4, 0.5) is 0 Å². The Morgan fingerprint density at radius 2 is 1.84 bits per heavy atom. The summed E-state index contributed by atoms with van der Waals surface area (Å²) in [4.78, 5) is 0. The first-order chi connectivity index (χ1) is 9.00. The molecule has 0 bridgehead atoms. The van der Waals surface area contributed by atoms with Crippen molar-refractivity contribution in [2.45, 2.75) is 64.5 Å². The molecule has 19 heavy (non-hydrogen) atoms. The molecule has 1 saturated heterocycles. The smallest absolute Gasteiger partial charge is 0.215 e. The fraction of sp³-hybridized carbons (Fsp3) is 1.00. The van der Waals surface area contributed by atoms with Crippen LogP contribution >= 0.6 is 0 Å². The van der Waals surface area contributed by atoms with Crippen LogP contribution in [0.5, 0.6) is 0 Å². The third-order valence-corrected chi connectivity index (χ3v) is 6.35. The summed E-state index contributed by atoms with van der Waals surface area (Å²) in [6, 6.07) is 0.644. The molecule has 2 rings (SSSR count). The maximum Gasteiger partial charge on any atom is 0.215 e. The van der Waals surface area contributed by atoms with Gasteiger partial charge in [0, 0.05) is 25.2 Å². The molecular weight excluding hydrogens is 260 g/mol. The van der Waals surface area contributed by atoms with Crippen LogP contribution in [0.25, 0.3) is 0 Å². The van der Waals surface area contributed by atoms with E-state index >= 15 is 0 Å². The number of hydrogen-bond donors (Lipinski definition) is 1. The first-order valence-electron chi connectivity index (χ1n) is 7.73. The molecule has 1 N–H and O–H groups in total. The van der Waals surface area contributed by atoms with Gasteiger partial charge in [0.05, 0.1) is 5.75 Å². The quantitative estimate of drug-likeness (QED) is 0.841. The van der Waals surface area contributed by atoms with Gasteiger partial charge in [-0.05, 0) is 31.6 Å². The van der Waals surface area contributed by atoms with Crippen LogP contribution < -0.4 is 5.32 Å². The maximum absolute atomic E-state index is 12.5. The van der Waals surface area contributed by atoms with Crippen LogP contribution in [0.15, 0.2) is 0 Å². The van der Waals surface area contributed by atoms with Gasteiger partial charge in [0.1, 0.15) is 0 Å². The highest BCUT2D eigenvalue weighted by molar-refractivity contribution is 7.89. The Morgan fingerprint density at radius 3 is 2.58 bits per heavy atom. The van der Waals surface area contributed by atoms with Crippen molar-refractivity contribution in [1.82, 2.24) is 9.62 Å². The third-order valence-electron chi connectivity index (χ3n) is 4.46. The highest BCUT2D eigenvalue weighted by Gasteiger charge is 2.38. The second-order valence-corrected chi connectivity index (χ2v) is 8.33. The van der Waals surface area contributed by atoms with E-state index in [0.29, 0.717) is 24.5 Å². The van der Waals surface area contributed by atoms with E-state index in [9.17, 15) is 8.42 Å². The predicted octanol–water partition coefficient (Wildman–Crippen LogP) is 1.97. The van der Waals surface area contributed by atoms with E-state index in [1.165, 1.54) is 25.7 Å². The molecule has 1 saturated carbocycles. The van der Waals surface area contributed by atoms with Gasteiger partial charge in [0.15, 0.2) is 0 Å². The van der Waals surface area contributed by atoms with Crippen molar-refractivity contribution in [2.24, 2.45) is 5.92 Å². The molecule has 2 atom stereocenters. The number of fused-ring (bicyclic) bond motifs is 1. The number of hydrogen-bond acceptors (Lipinski definition) is 3. The zero-order valence-corrected chi connectivity index (χ0v) is 13.1. The molecule has 1 aliphatic carbocycles. The lowest BCUT2D eigenvalue weighted by Gasteiger charge is -2.43. The first kappa shape index (κ1) is 15.3. The highest BCUT2D eigenvalue weighted by Crippen LogP contribution is 2.36. The summed E-state index contributed by atoms with van der Waals surface area (Å²) in [5.41, 5.74) is 0. The van der Waals surface area contributed by atoms with E-state index < -0.39 is 10.0 Å². The summed E-state index contributed by atoms with van der Waals surface area (Å²) in [6.07, 6.45) is 7.03. The zero-order valence-electron chi connectivity index (χ0n) is 12.3. The van der Waals surface area contributed by atoms with Gasteiger partial charge in [0.25, 0.3) is 0 Å². The number of sulfonamides is 1. The van der Waals surface area contributed by atoms with Crippen molar-refractivity contribution >= 4 is 10.0 Å². The van der Waals surface area contributed by atoms with Crippen molar-refractivity contribution in [3.63, 3.8) is 0 Å². The minimum atomic E-state index is -3.08. The monoisotopic (exact) mass is 288 g/mol. The molecule has 5 heteroatoms. The fourth-order valence-electron chi connectivity index (χ4n) is 3.52. The summed E-state index contributed by atoms with van der Waals surface area (Å²) in [6.45, 7) is 5.40. The molecule has 0 amide bonds. The average Bonchev–Trinajstić information content (AvgIpc) is 2.37. The summed E-state index contributed by atoms with van der Waals surface area (Å²) in [7, 11) is -3.08. The molecule has 1 heterocycles. The second-order valence-electron chi connectivity index (χ2n) is 6.29. The van der Waals surface area contributed by atoms with Gasteiger partial charge in [-0.2, -0.15) is 4.31 Å². The number of piperidine rings is 1. The van der Waals surface area contributed by atoms with Crippen LogP contribution in [0.2, 0.25) is 0 Å². The molecule has 0 unspecified atom stereocenters. The standard InChI is InChI=1S/C14H28N2O2S/c1-12(2)15-9-11-19(17,18)16-10-5-7-13-6-3-4-8-14(13)16/h12-15H,3-11H2,1-2H3/t13-,14-/m1/s1. The van der Waals surface area contributed by atoms with Crippen molar-refractivity contribution in [1.29, 1.82) is 0 Å². The molecule has 0 aromatic heterocycles. The van der Waals surface area contributed by atoms with Gasteiger partial charge in [-0.1, -0.05) is 26.7 Å². The van der Waals surface area contributed by atoms with Crippen molar-refractivity contribution < 1.29 is 8.42 Å². The number of nitrogens with zero attached hydrogens (tertiary/aromatic N) is 1. The number of rotatable bonds is 5. The number of nitrogens with one attached hydrogen (secondary N) is 1. The van der Waals surface area contributed by atoms with E-state index in [1.807, 2.05) is 18.2 Å². The Labute approximate surface area is 118 Å². The fourth-order valence-corrected chi connectivity index (χ4v) is 5.23. The Kier molecular flexibility index (Phi) is 5.26. The Bertz CT molecular complexity index is 379. The topological polar surface area (TPSA) is 49.4 Å². The van der Waals surface area contributed by atoms with E-state index in [-0.39, 0.29) is 5.75 Å². The van der Waals surface area contributed by atoms with Gasteiger partial charge in [-0.3, -0.25) is 0 Å². The van der Waals surface area contributed by atoms with E-state index in [0.717, 1.165) is 19.4 Å². The van der Waals surface area contributed by atoms with Crippen molar-refractivity contribution in [2.75, 3.05) is 18.8 Å². The van der Waals surface area contributed by atoms with Crippen LogP contribution in [0.3, 0.4) is 0 Å². The Morgan fingerprint density at radius 1 is 1.16 bits per heavy atom. The summed E-state index contributed by atoms with van der Waals surface area (Å²) in [5, 5.41) is 3.21. The van der Waals surface area contributed by atoms with Gasteiger partial charge < -0.3 is 5.32 Å². The third kappa shape index (κ3) is 3.92. The molecule has 2 aliphatic rings. The Balaban J connectivity index is 1.97. The highest BCUT2D eigenvalue weighted by atomic mass is 32.2. The van der Waals surface area contributed by atoms with Crippen LogP contribution in [0.1, 0.15) is 52.4 Å². The van der Waals surface area contributed by atoms with Gasteiger partial charge in [-0.25, -0.2) is 8.42 Å². The maximum atomic E-state index is 12.5. The lowest BCUT2D eigenvalue weighted by molar-refractivity contribution is 0.129. The molecule has 0 aromatic carbocycles. The van der Waals surface area contributed by atoms with Crippen LogP contribution in [0, 0.1) is 5.92 Å². The summed E-state index contributed by atoms with van der Waals surface area (Å²) < 4.78 is 26.9. The van der Waals surface area contributed by atoms with Crippen molar-refractivity contribution in [3.05, 3.63) is 0 Å². The molecule has 1 aliphatic heterocycles. The SMILES string of the molecule is CC(C)NCCS(=O)(=O)N1CCC[C@H]2CCCC[C@H]21. The van der Waals surface area contributed by atoms with Crippen LogP contribution in [-0.4, -0.2) is 43.6 Å². The van der Waals surface area contributed by atoms with E-state index in [1.54, 1.807) is 0 Å². The van der Waals surface area contributed by atoms with E-state index in [2.05, 4.69) is 5.32 Å². The molecule has 0 aromatic rings. The van der Waals surface area contributed by atoms with Gasteiger partial charge in [0.2, 0.25) is 10.0 Å². The minimum Gasteiger partial charge on any atom is -0.313 e. The molecule has 0 radical (unpaired) electrons. The molecule has 4 nitrogen and oxygen atoms in total. The van der Waals surface area contributed by atoms with E-state index in [4.69, 9.17) is 0 Å². The Hall–Kier alpha value is -0.130. The van der Waals surface area contributed by atoms with Gasteiger partial charge in [-0.15, -0.1) is 0 Å².